The van der Waals surface area contributed by atoms with Crippen LogP contribution in [0, 0.1) is 10.1 Å². The van der Waals surface area contributed by atoms with Gasteiger partial charge in [0.1, 0.15) is 11.7 Å². The van der Waals surface area contributed by atoms with Gasteiger partial charge in [-0.1, -0.05) is 0 Å². The number of nitrogens with one attached hydrogen (secondary N) is 1. The van der Waals surface area contributed by atoms with Crippen molar-refractivity contribution in [2.45, 2.75) is 18.9 Å². The Labute approximate surface area is 108 Å². The molecule has 1 atom stereocenters. The first-order valence-electron chi connectivity index (χ1n) is 6.10. The summed E-state index contributed by atoms with van der Waals surface area (Å²) < 4.78 is 10.7. The molecule has 3 rings (SSSR count). The van der Waals surface area contributed by atoms with E-state index in [0.717, 1.165) is 19.4 Å². The minimum atomic E-state index is -0.457. The molecule has 1 aliphatic heterocycles. The van der Waals surface area contributed by atoms with Crippen LogP contribution in [0.1, 0.15) is 12.8 Å². The molecule has 0 bridgehead atoms. The largest absolute Gasteiger partial charge is 0.460 e. The van der Waals surface area contributed by atoms with Crippen LogP contribution in [0.25, 0.3) is 11.1 Å². The number of hydrogen-bond acceptors (Lipinski definition) is 6. The Morgan fingerprint density at radius 3 is 3.16 bits per heavy atom. The maximum atomic E-state index is 11.1. The first kappa shape index (κ1) is 11.9. The quantitative estimate of drug-likeness (QED) is 0.675. The summed E-state index contributed by atoms with van der Waals surface area (Å²) in [6.45, 7) is 1.29. The maximum absolute atomic E-state index is 11.1. The molecule has 7 heteroatoms. The fourth-order valence-corrected chi connectivity index (χ4v) is 2.24. The van der Waals surface area contributed by atoms with Crippen LogP contribution < -0.4 is 5.32 Å². The van der Waals surface area contributed by atoms with Crippen LogP contribution in [-0.2, 0) is 4.74 Å². The van der Waals surface area contributed by atoms with E-state index >= 15 is 0 Å². The summed E-state index contributed by atoms with van der Waals surface area (Å²) in [5.74, 6) is 0. The lowest BCUT2D eigenvalue weighted by molar-refractivity contribution is -0.384. The molecule has 100 valence electrons. The molecule has 7 nitrogen and oxygen atoms in total. The molecule has 0 amide bonds. The third-order valence-corrected chi connectivity index (χ3v) is 3.16. The molecule has 1 N–H and O–H groups in total. The second kappa shape index (κ2) is 4.85. The van der Waals surface area contributed by atoms with Gasteiger partial charge in [0, 0.05) is 18.7 Å². The lowest BCUT2D eigenvalue weighted by Crippen LogP contribution is -2.30. The van der Waals surface area contributed by atoms with E-state index in [0.29, 0.717) is 23.4 Å². The topological polar surface area (TPSA) is 90.4 Å². The second-order valence-corrected chi connectivity index (χ2v) is 4.47. The van der Waals surface area contributed by atoms with Crippen molar-refractivity contribution in [2.24, 2.45) is 0 Å². The van der Waals surface area contributed by atoms with Gasteiger partial charge < -0.3 is 14.5 Å². The molecule has 0 radical (unpaired) electrons. The first-order valence-corrected chi connectivity index (χ1v) is 6.10. The Hall–Kier alpha value is -2.15. The van der Waals surface area contributed by atoms with E-state index < -0.39 is 4.92 Å². The number of furan rings is 1. The Balaban J connectivity index is 2.00. The van der Waals surface area contributed by atoms with Gasteiger partial charge in [0.2, 0.25) is 0 Å². The normalized spacial score (nSPS) is 19.5. The molecule has 2 aromatic rings. The zero-order chi connectivity index (χ0) is 13.2. The van der Waals surface area contributed by atoms with E-state index in [-0.39, 0.29) is 11.7 Å². The number of fused-ring (bicyclic) bond motifs is 1. The van der Waals surface area contributed by atoms with E-state index in [9.17, 15) is 10.1 Å². The number of anilines is 1. The SMILES string of the molecule is O=[N+]([O-])c1cnc2ccoc2c1NC1CCCOC1. The van der Waals surface area contributed by atoms with Crippen molar-refractivity contribution in [1.29, 1.82) is 0 Å². The highest BCUT2D eigenvalue weighted by Crippen LogP contribution is 2.33. The van der Waals surface area contributed by atoms with Crippen molar-refractivity contribution in [3.8, 4) is 0 Å². The zero-order valence-electron chi connectivity index (χ0n) is 10.2. The fraction of sp³-hybridized carbons (Fsp3) is 0.417. The number of pyridine rings is 1. The van der Waals surface area contributed by atoms with Crippen LogP contribution in [0.2, 0.25) is 0 Å². The number of rotatable bonds is 3. The average Bonchev–Trinajstić information content (AvgIpc) is 2.88. The van der Waals surface area contributed by atoms with Gasteiger partial charge in [0.15, 0.2) is 11.3 Å². The summed E-state index contributed by atoms with van der Waals surface area (Å²) in [4.78, 5) is 14.6. The van der Waals surface area contributed by atoms with Gasteiger partial charge in [0.05, 0.1) is 17.8 Å². The Kier molecular flexibility index (Phi) is 3.04. The monoisotopic (exact) mass is 263 g/mol. The van der Waals surface area contributed by atoms with Gasteiger partial charge in [-0.25, -0.2) is 4.98 Å². The van der Waals surface area contributed by atoms with E-state index in [4.69, 9.17) is 9.15 Å². The second-order valence-electron chi connectivity index (χ2n) is 4.47. The highest BCUT2D eigenvalue weighted by Gasteiger charge is 2.24. The van der Waals surface area contributed by atoms with E-state index in [2.05, 4.69) is 10.3 Å². The number of aromatic nitrogens is 1. The molecular formula is C12H13N3O4. The van der Waals surface area contributed by atoms with Gasteiger partial charge in [-0.3, -0.25) is 10.1 Å². The van der Waals surface area contributed by atoms with Crippen LogP contribution >= 0.6 is 0 Å². The molecule has 1 unspecified atom stereocenters. The van der Waals surface area contributed by atoms with Crippen molar-refractivity contribution in [1.82, 2.24) is 4.98 Å². The molecule has 0 saturated carbocycles. The van der Waals surface area contributed by atoms with Gasteiger partial charge in [-0.2, -0.15) is 0 Å². The fourth-order valence-electron chi connectivity index (χ4n) is 2.24. The van der Waals surface area contributed by atoms with Crippen molar-refractivity contribution < 1.29 is 14.1 Å². The molecule has 2 aromatic heterocycles. The molecule has 0 aliphatic carbocycles. The summed E-state index contributed by atoms with van der Waals surface area (Å²) in [5, 5.41) is 14.2. The third kappa shape index (κ3) is 2.24. The van der Waals surface area contributed by atoms with E-state index in [1.54, 1.807) is 6.07 Å². The van der Waals surface area contributed by atoms with Crippen LogP contribution in [0.15, 0.2) is 22.9 Å². The number of hydrogen-bond donors (Lipinski definition) is 1. The maximum Gasteiger partial charge on any atom is 0.314 e. The Morgan fingerprint density at radius 2 is 2.42 bits per heavy atom. The number of nitrogens with zero attached hydrogens (tertiary/aromatic N) is 2. The van der Waals surface area contributed by atoms with Crippen LogP contribution in [0.3, 0.4) is 0 Å². The molecule has 0 spiro atoms. The molecular weight excluding hydrogens is 250 g/mol. The van der Waals surface area contributed by atoms with Crippen molar-refractivity contribution in [3.63, 3.8) is 0 Å². The lowest BCUT2D eigenvalue weighted by Gasteiger charge is -2.23. The minimum Gasteiger partial charge on any atom is -0.460 e. The van der Waals surface area contributed by atoms with Gasteiger partial charge in [-0.15, -0.1) is 0 Å². The van der Waals surface area contributed by atoms with Gasteiger partial charge >= 0.3 is 5.69 Å². The average molecular weight is 263 g/mol. The van der Waals surface area contributed by atoms with Crippen molar-refractivity contribution in [3.05, 3.63) is 28.6 Å². The Bertz CT molecular complexity index is 604. The predicted molar refractivity (Wildman–Crippen MR) is 68.1 cm³/mol. The molecule has 1 saturated heterocycles. The van der Waals surface area contributed by atoms with E-state index in [1.807, 2.05) is 0 Å². The standard InChI is InChI=1S/C12H13N3O4/c16-15(17)10-6-13-9-3-5-19-12(9)11(10)14-8-2-1-4-18-7-8/h3,5-6,8H,1-2,4,7H2,(H,13,14). The van der Waals surface area contributed by atoms with Crippen LogP contribution in [-0.4, -0.2) is 29.2 Å². The molecule has 3 heterocycles. The smallest absolute Gasteiger partial charge is 0.314 e. The van der Waals surface area contributed by atoms with Crippen molar-refractivity contribution >= 4 is 22.5 Å². The number of ether oxygens (including phenoxy) is 1. The van der Waals surface area contributed by atoms with Crippen LogP contribution in [0.5, 0.6) is 0 Å². The highest BCUT2D eigenvalue weighted by atomic mass is 16.6. The summed E-state index contributed by atoms with van der Waals surface area (Å²) >= 11 is 0. The van der Waals surface area contributed by atoms with Gasteiger partial charge in [0.25, 0.3) is 0 Å². The third-order valence-electron chi connectivity index (χ3n) is 3.16. The van der Waals surface area contributed by atoms with Gasteiger partial charge in [-0.05, 0) is 12.8 Å². The highest BCUT2D eigenvalue weighted by molar-refractivity contribution is 5.91. The lowest BCUT2D eigenvalue weighted by atomic mass is 10.1. The summed E-state index contributed by atoms with van der Waals surface area (Å²) in [6, 6.07) is 1.74. The van der Waals surface area contributed by atoms with E-state index in [1.165, 1.54) is 12.5 Å². The van der Waals surface area contributed by atoms with Crippen LogP contribution in [0.4, 0.5) is 11.4 Å². The molecule has 1 aliphatic rings. The summed E-state index contributed by atoms with van der Waals surface area (Å²) in [6.07, 6.45) is 4.59. The molecule has 1 fully saturated rings. The Morgan fingerprint density at radius 1 is 1.53 bits per heavy atom. The predicted octanol–water partition coefficient (Wildman–Crippen LogP) is 2.33. The summed E-state index contributed by atoms with van der Waals surface area (Å²) in [7, 11) is 0. The zero-order valence-corrected chi connectivity index (χ0v) is 10.2. The molecule has 19 heavy (non-hydrogen) atoms. The van der Waals surface area contributed by atoms with Crippen molar-refractivity contribution in [2.75, 3.05) is 18.5 Å². The first-order chi connectivity index (χ1) is 9.25. The number of nitro groups is 1. The minimum absolute atomic E-state index is 0.0585. The molecule has 0 aromatic carbocycles. The summed E-state index contributed by atoms with van der Waals surface area (Å²) in [5.41, 5.74) is 1.33.